The predicted octanol–water partition coefficient (Wildman–Crippen LogP) is 20.2. The van der Waals surface area contributed by atoms with Crippen molar-refractivity contribution in [3.8, 4) is 0 Å². The predicted molar refractivity (Wildman–Crippen MR) is 310 cm³/mol. The minimum atomic E-state index is -0.660. The first kappa shape index (κ1) is 69.3. The third-order valence-corrected chi connectivity index (χ3v) is 15.0. The van der Waals surface area contributed by atoms with Crippen molar-refractivity contribution in [2.45, 2.75) is 366 Å². The summed E-state index contributed by atoms with van der Waals surface area (Å²) in [5, 5.41) is 23.2. The quantitative estimate of drug-likeness (QED) is 0.0320. The van der Waals surface area contributed by atoms with Crippen LogP contribution >= 0.6 is 0 Å². The van der Waals surface area contributed by atoms with Crippen molar-refractivity contribution in [1.82, 2.24) is 5.32 Å². The Morgan fingerprint density at radius 2 is 0.704 bits per heavy atom. The van der Waals surface area contributed by atoms with Crippen LogP contribution in [-0.2, 0) is 14.3 Å². The van der Waals surface area contributed by atoms with Crippen LogP contribution in [0.2, 0.25) is 0 Å². The Morgan fingerprint density at radius 3 is 1.08 bits per heavy atom. The third kappa shape index (κ3) is 57.5. The summed E-state index contributed by atoms with van der Waals surface area (Å²) in [7, 11) is 0. The molecule has 3 N–H and O–H groups in total. The molecule has 2 unspecified atom stereocenters. The summed E-state index contributed by atoms with van der Waals surface area (Å²) in [5.41, 5.74) is 0. The fraction of sp³-hybridized carbons (Fsp3) is 0.908. The van der Waals surface area contributed by atoms with Crippen LogP contribution in [-0.4, -0.2) is 47.4 Å². The highest BCUT2D eigenvalue weighted by atomic mass is 16.5. The van der Waals surface area contributed by atoms with E-state index in [0.717, 1.165) is 51.4 Å². The van der Waals surface area contributed by atoms with Crippen LogP contribution in [0.1, 0.15) is 354 Å². The van der Waals surface area contributed by atoms with Crippen molar-refractivity contribution < 1.29 is 24.5 Å². The smallest absolute Gasteiger partial charge is 0.305 e. The van der Waals surface area contributed by atoms with Crippen molar-refractivity contribution in [2.24, 2.45) is 0 Å². The topological polar surface area (TPSA) is 95.9 Å². The van der Waals surface area contributed by atoms with E-state index in [1.54, 1.807) is 0 Å². The van der Waals surface area contributed by atoms with Gasteiger partial charge in [-0.2, -0.15) is 0 Å². The molecule has 2 atom stereocenters. The average molecular weight is 1000 g/mol. The molecular weight excluding hydrogens is 875 g/mol. The maximum atomic E-state index is 12.4. The molecule has 0 radical (unpaired) electrons. The molecule has 0 heterocycles. The molecule has 0 aromatic carbocycles. The van der Waals surface area contributed by atoms with Gasteiger partial charge in [-0.1, -0.05) is 308 Å². The van der Waals surface area contributed by atoms with Gasteiger partial charge in [-0.05, 0) is 57.8 Å². The first-order valence-electron chi connectivity index (χ1n) is 32.1. The Bertz CT molecular complexity index is 1110. The molecule has 6 nitrogen and oxygen atoms in total. The Labute approximate surface area is 443 Å². The van der Waals surface area contributed by atoms with Gasteiger partial charge in [-0.3, -0.25) is 9.59 Å². The van der Waals surface area contributed by atoms with Crippen molar-refractivity contribution >= 4 is 11.9 Å². The van der Waals surface area contributed by atoms with Gasteiger partial charge in [0.25, 0.3) is 0 Å². The number of aliphatic hydroxyl groups excluding tert-OH is 2. The maximum absolute atomic E-state index is 12.4. The van der Waals surface area contributed by atoms with Crippen LogP contribution in [0.15, 0.2) is 24.3 Å². The Morgan fingerprint density at radius 1 is 0.394 bits per heavy atom. The maximum Gasteiger partial charge on any atom is 0.305 e. The van der Waals surface area contributed by atoms with Gasteiger partial charge in [0, 0.05) is 12.8 Å². The highest BCUT2D eigenvalue weighted by molar-refractivity contribution is 5.76. The number of allylic oxidation sites excluding steroid dienone is 4. The molecule has 6 heteroatoms. The van der Waals surface area contributed by atoms with Crippen molar-refractivity contribution in [2.75, 3.05) is 13.2 Å². The van der Waals surface area contributed by atoms with Crippen LogP contribution in [0.5, 0.6) is 0 Å². The number of esters is 1. The Kier molecular flexibility index (Phi) is 59.5. The third-order valence-electron chi connectivity index (χ3n) is 15.0. The SMILES string of the molecule is CCCCCC/C=C\C/C=C\CCCCCCCCCC(=O)OCCCCCCCCCCCCCCCCCCCCCCCCCCCCC(=O)NC(CO)C(O)CCCCCCCCCCCC. The summed E-state index contributed by atoms with van der Waals surface area (Å²) in [6, 6.07) is -0.537. The van der Waals surface area contributed by atoms with Crippen LogP contribution < -0.4 is 5.32 Å². The summed E-state index contributed by atoms with van der Waals surface area (Å²) >= 11 is 0. The average Bonchev–Trinajstić information content (AvgIpc) is 3.37. The van der Waals surface area contributed by atoms with E-state index in [4.69, 9.17) is 4.74 Å². The Hall–Kier alpha value is -1.66. The van der Waals surface area contributed by atoms with Crippen molar-refractivity contribution in [3.05, 3.63) is 24.3 Å². The fourth-order valence-corrected chi connectivity index (χ4v) is 10.1. The van der Waals surface area contributed by atoms with E-state index in [9.17, 15) is 19.8 Å². The van der Waals surface area contributed by atoms with E-state index in [-0.39, 0.29) is 18.5 Å². The molecule has 71 heavy (non-hydrogen) atoms. The van der Waals surface area contributed by atoms with Gasteiger partial charge < -0.3 is 20.3 Å². The standard InChI is InChI=1S/C65H125NO5/c1-3-5-7-9-11-13-15-16-17-18-30-33-36-39-43-47-51-55-59-65(70)71-60-56-52-48-44-40-37-34-31-28-26-24-22-20-19-21-23-25-27-29-32-35-38-42-46-50-54-58-64(69)66-62(61-67)63(68)57-53-49-45-41-14-12-10-8-6-4-2/h13,15,17-18,62-63,67-68H,3-12,14,16,19-61H2,1-2H3,(H,66,69)/b15-13-,18-17-. The summed E-state index contributed by atoms with van der Waals surface area (Å²) in [6.07, 6.45) is 74.9. The summed E-state index contributed by atoms with van der Waals surface area (Å²) in [6.45, 7) is 4.94. The molecule has 0 spiro atoms. The molecular formula is C65H125NO5. The summed E-state index contributed by atoms with van der Waals surface area (Å²) in [4.78, 5) is 24.5. The van der Waals surface area contributed by atoms with Gasteiger partial charge >= 0.3 is 5.97 Å². The van der Waals surface area contributed by atoms with E-state index in [1.807, 2.05) is 0 Å². The number of hydrogen-bond donors (Lipinski definition) is 3. The number of amides is 1. The molecule has 0 bridgehead atoms. The van der Waals surface area contributed by atoms with Crippen LogP contribution in [0.25, 0.3) is 0 Å². The minimum Gasteiger partial charge on any atom is -0.466 e. The number of ether oxygens (including phenoxy) is 1. The molecule has 1 amide bonds. The lowest BCUT2D eigenvalue weighted by atomic mass is 10.0. The van der Waals surface area contributed by atoms with Crippen molar-refractivity contribution in [3.63, 3.8) is 0 Å². The van der Waals surface area contributed by atoms with E-state index in [0.29, 0.717) is 25.9 Å². The summed E-state index contributed by atoms with van der Waals surface area (Å²) < 4.78 is 5.50. The number of aliphatic hydroxyl groups is 2. The summed E-state index contributed by atoms with van der Waals surface area (Å²) in [5.74, 6) is -0.0229. The molecule has 0 aliphatic heterocycles. The van der Waals surface area contributed by atoms with Crippen LogP contribution in [0, 0.1) is 0 Å². The molecule has 420 valence electrons. The second-order valence-electron chi connectivity index (χ2n) is 22.1. The van der Waals surface area contributed by atoms with E-state index >= 15 is 0 Å². The lowest BCUT2D eigenvalue weighted by Gasteiger charge is -2.22. The van der Waals surface area contributed by atoms with Gasteiger partial charge in [0.05, 0.1) is 25.4 Å². The number of unbranched alkanes of at least 4 members (excludes halogenated alkanes) is 45. The normalized spacial score (nSPS) is 12.7. The molecule has 0 aromatic rings. The molecule has 0 aliphatic rings. The Balaban J connectivity index is 3.32. The first-order chi connectivity index (χ1) is 35.0. The van der Waals surface area contributed by atoms with Gasteiger partial charge in [0.2, 0.25) is 5.91 Å². The zero-order valence-corrected chi connectivity index (χ0v) is 48.0. The number of rotatable bonds is 60. The zero-order chi connectivity index (χ0) is 51.4. The molecule has 0 fully saturated rings. The molecule has 0 aliphatic carbocycles. The van der Waals surface area contributed by atoms with Crippen LogP contribution in [0.4, 0.5) is 0 Å². The monoisotopic (exact) mass is 1000 g/mol. The lowest BCUT2D eigenvalue weighted by molar-refractivity contribution is -0.143. The number of carbonyl (C=O) groups is 2. The molecule has 0 saturated heterocycles. The highest BCUT2D eigenvalue weighted by Gasteiger charge is 2.20. The molecule has 0 saturated carbocycles. The largest absolute Gasteiger partial charge is 0.466 e. The van der Waals surface area contributed by atoms with Gasteiger partial charge in [-0.15, -0.1) is 0 Å². The van der Waals surface area contributed by atoms with E-state index in [2.05, 4.69) is 43.5 Å². The highest BCUT2D eigenvalue weighted by Crippen LogP contribution is 2.18. The number of nitrogens with one attached hydrogen (secondary N) is 1. The second-order valence-corrected chi connectivity index (χ2v) is 22.1. The fourth-order valence-electron chi connectivity index (χ4n) is 10.1. The van der Waals surface area contributed by atoms with Gasteiger partial charge in [0.1, 0.15) is 0 Å². The zero-order valence-electron chi connectivity index (χ0n) is 48.0. The van der Waals surface area contributed by atoms with E-state index < -0.39 is 12.1 Å². The van der Waals surface area contributed by atoms with Gasteiger partial charge in [-0.25, -0.2) is 0 Å². The van der Waals surface area contributed by atoms with E-state index in [1.165, 1.54) is 270 Å². The molecule has 0 aromatic heterocycles. The minimum absolute atomic E-state index is 0.0102. The molecule has 0 rings (SSSR count). The number of hydrogen-bond acceptors (Lipinski definition) is 5. The van der Waals surface area contributed by atoms with Crippen LogP contribution in [0.3, 0.4) is 0 Å². The second kappa shape index (κ2) is 60.9. The van der Waals surface area contributed by atoms with Gasteiger partial charge in [0.15, 0.2) is 0 Å². The lowest BCUT2D eigenvalue weighted by Crippen LogP contribution is -2.45. The first-order valence-corrected chi connectivity index (χ1v) is 32.1. The van der Waals surface area contributed by atoms with Crippen molar-refractivity contribution in [1.29, 1.82) is 0 Å². The number of carbonyl (C=O) groups excluding carboxylic acids is 2.